The van der Waals surface area contributed by atoms with Gasteiger partial charge in [0.05, 0.1) is 13.1 Å². The Labute approximate surface area is 101 Å². The molecule has 7 heteroatoms. The first kappa shape index (κ1) is 14.7. The van der Waals surface area contributed by atoms with Gasteiger partial charge in [-0.25, -0.2) is 26.0 Å². The highest BCUT2D eigenvalue weighted by Gasteiger charge is 2.22. The maximum Gasteiger partial charge on any atom is 0.383 e. The molecule has 1 aliphatic rings. The fraction of sp³-hybridized carbons (Fsp3) is 0.500. The third kappa shape index (κ3) is 3.96. The smallest absolute Gasteiger partial charge is 0.289 e. The summed E-state index contributed by atoms with van der Waals surface area (Å²) in [6.45, 7) is 7.73. The highest BCUT2D eigenvalue weighted by Crippen LogP contribution is 1.92. The van der Waals surface area contributed by atoms with Crippen LogP contribution in [0.4, 0.5) is 0 Å². The molecule has 0 aromatic heterocycles. The van der Waals surface area contributed by atoms with E-state index in [1.807, 2.05) is 0 Å². The molecule has 0 bridgehead atoms. The van der Waals surface area contributed by atoms with E-state index in [4.69, 9.17) is 21.0 Å². The van der Waals surface area contributed by atoms with Crippen LogP contribution in [0.25, 0.3) is 0 Å². The standard InChI is InChI=1S/C6H12N2.C4BN4/c1-3-8-5-4-7-6(8)2;6-1-5(2-7,3-8)4-9/h3-5H2,1-2H3;/q;-1/p+1. The molecule has 0 aromatic carbocycles. The van der Waals surface area contributed by atoms with Crippen LogP contribution >= 0.6 is 0 Å². The van der Waals surface area contributed by atoms with E-state index < -0.39 is 6.15 Å². The van der Waals surface area contributed by atoms with Crippen molar-refractivity contribution in [3.63, 3.8) is 0 Å². The molecule has 6 nitrogen and oxygen atoms in total. The summed E-state index contributed by atoms with van der Waals surface area (Å²) in [6, 6.07) is 0. The van der Waals surface area contributed by atoms with Crippen molar-refractivity contribution in [1.29, 1.82) is 21.0 Å². The first-order valence-corrected chi connectivity index (χ1v) is 5.25. The van der Waals surface area contributed by atoms with Gasteiger partial charge in [0, 0.05) is 6.92 Å². The number of likely N-dealkylation sites (N-methyl/N-ethyl adjacent to an activating group) is 1. The number of quaternary nitrogens is 1. The summed E-state index contributed by atoms with van der Waals surface area (Å²) in [5.74, 6) is 6.66. The van der Waals surface area contributed by atoms with Crippen molar-refractivity contribution in [3.8, 4) is 23.9 Å². The average Bonchev–Trinajstić information content (AvgIpc) is 2.79. The van der Waals surface area contributed by atoms with E-state index in [-0.39, 0.29) is 0 Å². The molecule has 0 aromatic rings. The predicted molar refractivity (Wildman–Crippen MR) is 62.6 cm³/mol. The second kappa shape index (κ2) is 7.02. The molecule has 0 saturated carbocycles. The molecule has 86 valence electrons. The lowest BCUT2D eigenvalue weighted by Gasteiger charge is -2.06. The van der Waals surface area contributed by atoms with Gasteiger partial charge < -0.3 is 0 Å². The van der Waals surface area contributed by atoms with Crippen molar-refractivity contribution in [2.24, 2.45) is 4.99 Å². The van der Waals surface area contributed by atoms with Gasteiger partial charge in [0.2, 0.25) is 0 Å². The maximum absolute atomic E-state index is 8.09. The van der Waals surface area contributed by atoms with E-state index in [1.165, 1.54) is 42.8 Å². The Balaban J connectivity index is 0.000000302. The second-order valence-corrected chi connectivity index (χ2v) is 3.56. The molecule has 0 aliphatic carbocycles. The molecule has 0 radical (unpaired) electrons. The van der Waals surface area contributed by atoms with Crippen molar-refractivity contribution in [3.05, 3.63) is 0 Å². The Morgan fingerprint density at radius 1 is 1.18 bits per heavy atom. The van der Waals surface area contributed by atoms with Gasteiger partial charge >= 0.3 is 6.15 Å². The van der Waals surface area contributed by atoms with Gasteiger partial charge in [-0.05, 0) is 6.92 Å². The van der Waals surface area contributed by atoms with Gasteiger partial charge in [0.15, 0.2) is 5.84 Å². The summed E-state index contributed by atoms with van der Waals surface area (Å²) >= 11 is 0. The minimum absolute atomic E-state index is 1.04. The first-order chi connectivity index (χ1) is 8.09. The predicted octanol–water partition coefficient (Wildman–Crippen LogP) is -0.990. The quantitative estimate of drug-likeness (QED) is 0.580. The van der Waals surface area contributed by atoms with Gasteiger partial charge in [0.1, 0.15) is 6.54 Å². The van der Waals surface area contributed by atoms with E-state index in [1.54, 1.807) is 4.90 Å². The molecule has 1 heterocycles. The number of rotatable bonds is 1. The van der Waals surface area contributed by atoms with Crippen molar-refractivity contribution in [2.45, 2.75) is 13.8 Å². The molecule has 0 spiro atoms. The Bertz CT molecular complexity index is 394. The zero-order valence-electron chi connectivity index (χ0n) is 9.93. The molecule has 1 atom stereocenters. The molecule has 0 saturated heterocycles. The molecule has 1 unspecified atom stereocenters. The molecule has 0 fully saturated rings. The van der Waals surface area contributed by atoms with Crippen LogP contribution in [0.15, 0.2) is 4.99 Å². The number of nitrogens with one attached hydrogen (secondary N) is 1. The van der Waals surface area contributed by atoms with Crippen LogP contribution in [0.5, 0.6) is 0 Å². The average molecular weight is 228 g/mol. The Morgan fingerprint density at radius 3 is 1.76 bits per heavy atom. The largest absolute Gasteiger partial charge is 0.383 e. The molecular formula is C10H13BN6. The summed E-state index contributed by atoms with van der Waals surface area (Å²) in [7, 11) is 0. The minimum atomic E-state index is -2.72. The van der Waals surface area contributed by atoms with E-state index in [0.29, 0.717) is 0 Å². The lowest BCUT2D eigenvalue weighted by molar-refractivity contribution is -0.796. The Morgan fingerprint density at radius 2 is 1.65 bits per heavy atom. The molecular weight excluding hydrogens is 215 g/mol. The van der Waals surface area contributed by atoms with Crippen molar-refractivity contribution in [1.82, 2.24) is 0 Å². The molecule has 0 amide bonds. The molecule has 1 N–H and O–H groups in total. The number of nitrogens with zero attached hydrogens (tertiary/aromatic N) is 5. The monoisotopic (exact) mass is 228 g/mol. The third-order valence-corrected chi connectivity index (χ3v) is 2.48. The number of aliphatic imine (C=N–C) groups is 1. The maximum atomic E-state index is 8.09. The van der Waals surface area contributed by atoms with E-state index >= 15 is 0 Å². The minimum Gasteiger partial charge on any atom is -0.289 e. The van der Waals surface area contributed by atoms with E-state index in [2.05, 4.69) is 18.8 Å². The van der Waals surface area contributed by atoms with Crippen LogP contribution in [-0.4, -0.2) is 31.6 Å². The van der Waals surface area contributed by atoms with Crippen molar-refractivity contribution >= 4 is 12.0 Å². The van der Waals surface area contributed by atoms with Gasteiger partial charge in [-0.1, -0.05) is 0 Å². The lowest BCUT2D eigenvalue weighted by Crippen LogP contribution is -3.12. The zero-order chi connectivity index (χ0) is 13.3. The molecule has 1 aliphatic heterocycles. The summed E-state index contributed by atoms with van der Waals surface area (Å²) < 4.78 is 0. The number of hydrogen-bond donors (Lipinski definition) is 1. The topological polar surface area (TPSA) is 112 Å². The van der Waals surface area contributed by atoms with Gasteiger partial charge in [0.25, 0.3) is 0 Å². The van der Waals surface area contributed by atoms with Crippen LogP contribution < -0.4 is 4.90 Å². The SMILES string of the molecule is CC[NH+]1CCN=C1C.N#C[B-](C#N)(C#N)C#N. The Hall–Kier alpha value is -2.35. The van der Waals surface area contributed by atoms with Crippen LogP contribution in [0.3, 0.4) is 0 Å². The fourth-order valence-electron chi connectivity index (χ4n) is 1.26. The van der Waals surface area contributed by atoms with E-state index in [9.17, 15) is 0 Å². The van der Waals surface area contributed by atoms with Gasteiger partial charge in [-0.2, -0.15) is 0 Å². The number of amidine groups is 1. The molecule has 1 rings (SSSR count). The summed E-state index contributed by atoms with van der Waals surface area (Å²) in [5.41, 5.74) is 0. The highest BCUT2D eigenvalue weighted by atomic mass is 15.2. The van der Waals surface area contributed by atoms with Crippen LogP contribution in [0.1, 0.15) is 13.8 Å². The van der Waals surface area contributed by atoms with Crippen molar-refractivity contribution in [2.75, 3.05) is 19.6 Å². The van der Waals surface area contributed by atoms with Crippen LogP contribution in [0.2, 0.25) is 0 Å². The zero-order valence-corrected chi connectivity index (χ0v) is 9.93. The number of hydrogen-bond acceptors (Lipinski definition) is 5. The highest BCUT2D eigenvalue weighted by molar-refractivity contribution is 7.05. The normalized spacial score (nSPS) is 17.3. The summed E-state index contributed by atoms with van der Waals surface area (Å²) in [4.78, 5) is 5.81. The Kier molecular flexibility index (Phi) is 6.05. The first-order valence-electron chi connectivity index (χ1n) is 5.25. The second-order valence-electron chi connectivity index (χ2n) is 3.56. The fourth-order valence-corrected chi connectivity index (χ4v) is 1.26. The van der Waals surface area contributed by atoms with Gasteiger partial charge in [-0.3, -0.25) is 4.90 Å². The third-order valence-electron chi connectivity index (χ3n) is 2.48. The van der Waals surface area contributed by atoms with Gasteiger partial charge in [-0.15, -0.1) is 23.9 Å². The van der Waals surface area contributed by atoms with Crippen molar-refractivity contribution < 1.29 is 4.90 Å². The van der Waals surface area contributed by atoms with Crippen LogP contribution in [0, 0.1) is 44.9 Å². The summed E-state index contributed by atoms with van der Waals surface area (Å²) in [5, 5.41) is 32.3. The van der Waals surface area contributed by atoms with E-state index in [0.717, 1.165) is 6.54 Å². The lowest BCUT2D eigenvalue weighted by atomic mass is 9.30. The molecule has 17 heavy (non-hydrogen) atoms. The summed E-state index contributed by atoms with van der Waals surface area (Å²) in [6.07, 6.45) is -2.72. The number of nitriles is 4. The van der Waals surface area contributed by atoms with Crippen LogP contribution in [-0.2, 0) is 0 Å².